The third kappa shape index (κ3) is 5.28. The van der Waals surface area contributed by atoms with Gasteiger partial charge < -0.3 is 15.0 Å². The van der Waals surface area contributed by atoms with E-state index in [1.54, 1.807) is 0 Å². The molecule has 0 bridgehead atoms. The lowest BCUT2D eigenvalue weighted by molar-refractivity contribution is -0.139. The van der Waals surface area contributed by atoms with Gasteiger partial charge in [-0.2, -0.15) is 0 Å². The Hall–Kier alpha value is -2.66. The molecule has 1 aliphatic heterocycles. The van der Waals surface area contributed by atoms with Crippen LogP contribution in [0.2, 0.25) is 0 Å². The highest BCUT2D eigenvalue weighted by molar-refractivity contribution is 5.75. The second-order valence-corrected chi connectivity index (χ2v) is 8.70. The topological polar surface area (TPSA) is 69.2 Å². The van der Waals surface area contributed by atoms with Crippen LogP contribution in [0.3, 0.4) is 0 Å². The Morgan fingerprint density at radius 2 is 2.03 bits per heavy atom. The van der Waals surface area contributed by atoms with Crippen LogP contribution in [0.4, 0.5) is 0 Å². The molecular weight excluding hydrogens is 374 g/mol. The molecule has 2 N–H and O–H groups in total. The number of aromatic amines is 1. The maximum absolute atomic E-state index is 11.4. The largest absolute Gasteiger partial charge is 0.481 e. The molecule has 1 fully saturated rings. The number of benzene rings is 2. The average molecular weight is 406 g/mol. The number of hydrogen-bond donors (Lipinski definition) is 2. The van der Waals surface area contributed by atoms with E-state index < -0.39 is 5.97 Å². The monoisotopic (exact) mass is 405 g/mol. The highest BCUT2D eigenvalue weighted by atomic mass is 16.4. The van der Waals surface area contributed by atoms with E-state index in [4.69, 9.17) is 4.98 Å². The van der Waals surface area contributed by atoms with E-state index in [9.17, 15) is 9.90 Å². The van der Waals surface area contributed by atoms with Crippen molar-refractivity contribution in [2.75, 3.05) is 19.6 Å². The Bertz CT molecular complexity index is 982. The van der Waals surface area contributed by atoms with Gasteiger partial charge in [0.1, 0.15) is 5.82 Å². The number of fused-ring (bicyclic) bond motifs is 1. The number of carbonyl (C=O) groups is 1. The third-order valence-corrected chi connectivity index (χ3v) is 6.34. The molecule has 2 heterocycles. The summed E-state index contributed by atoms with van der Waals surface area (Å²) in [5, 5.41) is 9.39. The minimum atomic E-state index is -0.692. The lowest BCUT2D eigenvalue weighted by atomic mass is 9.81. The molecule has 5 heteroatoms. The van der Waals surface area contributed by atoms with Crippen molar-refractivity contribution in [3.8, 4) is 0 Å². The van der Waals surface area contributed by atoms with Gasteiger partial charge in [0.2, 0.25) is 0 Å². The molecule has 0 amide bonds. The number of aromatic nitrogens is 2. The Morgan fingerprint density at radius 3 is 2.83 bits per heavy atom. The Kier molecular flexibility index (Phi) is 6.48. The molecule has 158 valence electrons. The van der Waals surface area contributed by atoms with Crippen LogP contribution in [-0.2, 0) is 17.6 Å². The van der Waals surface area contributed by atoms with E-state index >= 15 is 0 Å². The molecule has 4 rings (SSSR count). The molecule has 0 spiro atoms. The van der Waals surface area contributed by atoms with Crippen LogP contribution >= 0.6 is 0 Å². The third-order valence-electron chi connectivity index (χ3n) is 6.34. The molecule has 0 saturated carbocycles. The molecule has 2 unspecified atom stereocenters. The van der Waals surface area contributed by atoms with Crippen LogP contribution in [0.15, 0.2) is 48.5 Å². The van der Waals surface area contributed by atoms with E-state index in [1.165, 1.54) is 11.1 Å². The van der Waals surface area contributed by atoms with E-state index in [2.05, 4.69) is 65.3 Å². The average Bonchev–Trinajstić information content (AvgIpc) is 3.11. The van der Waals surface area contributed by atoms with Gasteiger partial charge in [0.05, 0.1) is 11.0 Å². The molecule has 0 aliphatic carbocycles. The number of imidazole rings is 1. The van der Waals surface area contributed by atoms with Crippen molar-refractivity contribution in [1.82, 2.24) is 14.9 Å². The van der Waals surface area contributed by atoms with Gasteiger partial charge in [0.15, 0.2) is 0 Å². The van der Waals surface area contributed by atoms with Gasteiger partial charge in [-0.1, -0.05) is 36.4 Å². The van der Waals surface area contributed by atoms with Crippen molar-refractivity contribution in [2.24, 2.45) is 11.8 Å². The first kappa shape index (κ1) is 20.6. The predicted molar refractivity (Wildman–Crippen MR) is 120 cm³/mol. The number of piperidine rings is 1. The van der Waals surface area contributed by atoms with E-state index in [1.807, 2.05) is 0 Å². The van der Waals surface area contributed by atoms with Crippen LogP contribution < -0.4 is 0 Å². The van der Waals surface area contributed by atoms with Gasteiger partial charge in [-0.3, -0.25) is 4.79 Å². The van der Waals surface area contributed by atoms with Gasteiger partial charge in [0, 0.05) is 19.4 Å². The van der Waals surface area contributed by atoms with Crippen LogP contribution in [0, 0.1) is 18.8 Å². The van der Waals surface area contributed by atoms with Gasteiger partial charge in [-0.05, 0) is 74.4 Å². The van der Waals surface area contributed by atoms with Crippen molar-refractivity contribution in [3.63, 3.8) is 0 Å². The first-order valence-electron chi connectivity index (χ1n) is 11.0. The first-order valence-corrected chi connectivity index (χ1v) is 11.0. The summed E-state index contributed by atoms with van der Waals surface area (Å²) in [6.45, 7) is 5.08. The number of carboxylic acids is 1. The standard InChI is InChI=1S/C25H31N3O2/c1-18-9-10-22-23(14-18)27-24(26-22)15-21-17-28(13-11-20(21)16-25(29)30)12-5-8-19-6-3-2-4-7-19/h2-4,6-7,9-10,14,20-21H,5,8,11-13,15-17H2,1H3,(H,26,27)(H,29,30). The van der Waals surface area contributed by atoms with Crippen LogP contribution in [0.25, 0.3) is 11.0 Å². The summed E-state index contributed by atoms with van der Waals surface area (Å²) < 4.78 is 0. The van der Waals surface area contributed by atoms with E-state index in [0.717, 1.165) is 62.2 Å². The molecule has 5 nitrogen and oxygen atoms in total. The maximum Gasteiger partial charge on any atom is 0.303 e. The number of aryl methyl sites for hydroxylation is 2. The molecular formula is C25H31N3O2. The molecule has 1 aliphatic rings. The lowest BCUT2D eigenvalue weighted by Gasteiger charge is -2.38. The smallest absolute Gasteiger partial charge is 0.303 e. The number of hydrogen-bond acceptors (Lipinski definition) is 3. The number of likely N-dealkylation sites (tertiary alicyclic amines) is 1. The second kappa shape index (κ2) is 9.43. The fourth-order valence-electron chi connectivity index (χ4n) is 4.76. The van der Waals surface area contributed by atoms with Gasteiger partial charge >= 0.3 is 5.97 Å². The quantitative estimate of drug-likeness (QED) is 0.581. The fraction of sp³-hybridized carbons (Fsp3) is 0.440. The number of nitrogens with one attached hydrogen (secondary N) is 1. The highest BCUT2D eigenvalue weighted by Gasteiger charge is 2.31. The maximum atomic E-state index is 11.4. The number of carboxylic acid groups (broad SMARTS) is 1. The normalized spacial score (nSPS) is 19.9. The molecule has 1 aromatic heterocycles. The van der Waals surface area contributed by atoms with Gasteiger partial charge in [-0.25, -0.2) is 4.98 Å². The summed E-state index contributed by atoms with van der Waals surface area (Å²) >= 11 is 0. The highest BCUT2D eigenvalue weighted by Crippen LogP contribution is 2.30. The fourth-order valence-corrected chi connectivity index (χ4v) is 4.76. The van der Waals surface area contributed by atoms with E-state index in [-0.39, 0.29) is 12.3 Å². The van der Waals surface area contributed by atoms with Crippen LogP contribution in [0.1, 0.15) is 36.2 Å². The molecule has 2 atom stereocenters. The molecule has 1 saturated heterocycles. The Balaban J connectivity index is 1.40. The predicted octanol–water partition coefficient (Wildman–Crippen LogP) is 4.46. The van der Waals surface area contributed by atoms with Crippen LogP contribution in [-0.4, -0.2) is 45.6 Å². The molecule has 30 heavy (non-hydrogen) atoms. The number of H-pyrrole nitrogens is 1. The minimum Gasteiger partial charge on any atom is -0.481 e. The summed E-state index contributed by atoms with van der Waals surface area (Å²) in [5.74, 6) is 0.806. The van der Waals surface area contributed by atoms with E-state index in [0.29, 0.717) is 5.92 Å². The lowest BCUT2D eigenvalue weighted by Crippen LogP contribution is -2.42. The second-order valence-electron chi connectivity index (χ2n) is 8.70. The first-order chi connectivity index (χ1) is 14.6. The zero-order chi connectivity index (χ0) is 20.9. The summed E-state index contributed by atoms with van der Waals surface area (Å²) in [6, 6.07) is 16.9. The van der Waals surface area contributed by atoms with Crippen molar-refractivity contribution < 1.29 is 9.90 Å². The van der Waals surface area contributed by atoms with Crippen LogP contribution in [0.5, 0.6) is 0 Å². The number of aliphatic carboxylic acids is 1. The summed E-state index contributed by atoms with van der Waals surface area (Å²) in [6.07, 6.45) is 4.22. The molecule has 3 aromatic rings. The SMILES string of the molecule is Cc1ccc2nc(CC3CN(CCCc4ccccc4)CCC3CC(=O)O)[nH]c2c1. The number of nitrogens with zero attached hydrogens (tertiary/aromatic N) is 2. The van der Waals surface area contributed by atoms with Gasteiger partial charge in [0.25, 0.3) is 0 Å². The summed E-state index contributed by atoms with van der Waals surface area (Å²) in [7, 11) is 0. The van der Waals surface area contributed by atoms with Gasteiger partial charge in [-0.15, -0.1) is 0 Å². The Labute approximate surface area is 178 Å². The van der Waals surface area contributed by atoms with Crippen molar-refractivity contribution in [3.05, 3.63) is 65.5 Å². The van der Waals surface area contributed by atoms with Crippen molar-refractivity contribution in [1.29, 1.82) is 0 Å². The minimum absolute atomic E-state index is 0.211. The summed E-state index contributed by atoms with van der Waals surface area (Å²) in [4.78, 5) is 22.2. The summed E-state index contributed by atoms with van der Waals surface area (Å²) in [5.41, 5.74) is 4.65. The molecule has 2 aromatic carbocycles. The van der Waals surface area contributed by atoms with Crippen molar-refractivity contribution in [2.45, 2.75) is 39.0 Å². The molecule has 0 radical (unpaired) electrons. The van der Waals surface area contributed by atoms with Crippen molar-refractivity contribution >= 4 is 17.0 Å². The number of rotatable bonds is 8. The zero-order valence-electron chi connectivity index (χ0n) is 17.7. The zero-order valence-corrected chi connectivity index (χ0v) is 17.7. The Morgan fingerprint density at radius 1 is 1.20 bits per heavy atom.